The molecule has 34 heavy (non-hydrogen) atoms. The fourth-order valence-corrected chi connectivity index (χ4v) is 4.34. The van der Waals surface area contributed by atoms with Crippen LogP contribution >= 0.6 is 23.2 Å². The van der Waals surface area contributed by atoms with Crippen molar-refractivity contribution in [3.63, 3.8) is 0 Å². The Kier molecular flexibility index (Phi) is 9.55. The first-order valence-corrected chi connectivity index (χ1v) is 12.2. The average molecular weight is 497 g/mol. The number of aryl methyl sites for hydroxylation is 1. The minimum Gasteiger partial charge on any atom is -0.352 e. The summed E-state index contributed by atoms with van der Waals surface area (Å²) < 4.78 is 0. The van der Waals surface area contributed by atoms with E-state index in [-0.39, 0.29) is 30.8 Å². The molecular weight excluding hydrogens is 467 g/mol. The summed E-state index contributed by atoms with van der Waals surface area (Å²) in [5.41, 5.74) is 2.67. The van der Waals surface area contributed by atoms with E-state index in [1.165, 1.54) is 0 Å². The number of carbonyl (C=O) groups excluding carboxylic acids is 2. The first-order chi connectivity index (χ1) is 16.3. The highest BCUT2D eigenvalue weighted by atomic mass is 35.5. The highest BCUT2D eigenvalue weighted by molar-refractivity contribution is 6.36. The Morgan fingerprint density at radius 3 is 1.94 bits per heavy atom. The number of hydrogen-bond donors (Lipinski definition) is 1. The van der Waals surface area contributed by atoms with Gasteiger partial charge in [0.2, 0.25) is 11.8 Å². The smallest absolute Gasteiger partial charge is 0.243 e. The minimum atomic E-state index is -0.708. The summed E-state index contributed by atoms with van der Waals surface area (Å²) in [5.74, 6) is -0.324. The number of nitrogens with one attached hydrogen (secondary N) is 1. The molecule has 0 unspecified atom stereocenters. The zero-order valence-electron chi connectivity index (χ0n) is 19.5. The summed E-state index contributed by atoms with van der Waals surface area (Å²) in [6.07, 6.45) is 1.24. The van der Waals surface area contributed by atoms with Crippen LogP contribution in [0.25, 0.3) is 0 Å². The molecule has 3 aromatic carbocycles. The zero-order chi connectivity index (χ0) is 24.5. The number of amides is 2. The summed E-state index contributed by atoms with van der Waals surface area (Å²) in [6, 6.07) is 24.1. The minimum absolute atomic E-state index is 0.0593. The second-order valence-electron chi connectivity index (χ2n) is 8.58. The third-order valence-corrected chi connectivity index (χ3v) is 6.27. The van der Waals surface area contributed by atoms with Crippen LogP contribution < -0.4 is 5.32 Å². The summed E-state index contributed by atoms with van der Waals surface area (Å²) in [4.78, 5) is 28.6. The van der Waals surface area contributed by atoms with Crippen molar-refractivity contribution in [3.05, 3.63) is 106 Å². The highest BCUT2D eigenvalue weighted by Gasteiger charge is 2.31. The van der Waals surface area contributed by atoms with E-state index in [0.29, 0.717) is 28.5 Å². The molecule has 0 aliphatic heterocycles. The van der Waals surface area contributed by atoms with E-state index >= 15 is 0 Å². The lowest BCUT2D eigenvalue weighted by atomic mass is 10.0. The molecule has 1 N–H and O–H groups in total. The Labute approximate surface area is 211 Å². The highest BCUT2D eigenvalue weighted by Crippen LogP contribution is 2.27. The molecular formula is C28H30Cl2N2O2. The molecule has 0 heterocycles. The van der Waals surface area contributed by atoms with Gasteiger partial charge in [0, 0.05) is 41.0 Å². The van der Waals surface area contributed by atoms with Crippen molar-refractivity contribution in [2.75, 3.05) is 0 Å². The number of nitrogens with zero attached hydrogens (tertiary/aromatic N) is 1. The van der Waals surface area contributed by atoms with Crippen molar-refractivity contribution < 1.29 is 9.59 Å². The lowest BCUT2D eigenvalue weighted by Gasteiger charge is -2.32. The van der Waals surface area contributed by atoms with Gasteiger partial charge in [0.1, 0.15) is 6.04 Å². The molecule has 0 saturated carbocycles. The van der Waals surface area contributed by atoms with E-state index in [0.717, 1.165) is 11.1 Å². The Morgan fingerprint density at radius 2 is 1.38 bits per heavy atom. The molecule has 0 aliphatic carbocycles. The Balaban J connectivity index is 1.95. The molecule has 3 aromatic rings. The zero-order valence-corrected chi connectivity index (χ0v) is 21.0. The van der Waals surface area contributed by atoms with Gasteiger partial charge in [0.25, 0.3) is 0 Å². The standard InChI is InChI=1S/C28H30Cl2N2O2/c1-20(2)31-28(34)26(18-22-12-7-4-8-13-22)32(19-23-24(29)14-9-15-25(23)30)27(33)17-16-21-10-5-3-6-11-21/h3-15,20,26H,16-19H2,1-2H3,(H,31,34)/t26-/m1/s1. The maximum Gasteiger partial charge on any atom is 0.243 e. The molecule has 0 aliphatic rings. The summed E-state index contributed by atoms with van der Waals surface area (Å²) >= 11 is 12.9. The lowest BCUT2D eigenvalue weighted by molar-refractivity contribution is -0.141. The van der Waals surface area contributed by atoms with Crippen molar-refractivity contribution in [2.45, 2.75) is 51.7 Å². The number of hydrogen-bond acceptors (Lipinski definition) is 2. The van der Waals surface area contributed by atoms with Crippen LogP contribution in [0.2, 0.25) is 10.0 Å². The van der Waals surface area contributed by atoms with Gasteiger partial charge >= 0.3 is 0 Å². The maximum absolute atomic E-state index is 13.6. The average Bonchev–Trinajstić information content (AvgIpc) is 2.82. The van der Waals surface area contributed by atoms with Crippen LogP contribution in [-0.2, 0) is 29.0 Å². The third kappa shape index (κ3) is 7.34. The van der Waals surface area contributed by atoms with E-state index in [2.05, 4.69) is 5.32 Å². The van der Waals surface area contributed by atoms with Crippen LogP contribution in [-0.4, -0.2) is 28.8 Å². The second-order valence-corrected chi connectivity index (χ2v) is 9.39. The first kappa shape index (κ1) is 25.8. The van der Waals surface area contributed by atoms with Gasteiger partial charge in [-0.3, -0.25) is 9.59 Å². The molecule has 0 spiro atoms. The topological polar surface area (TPSA) is 49.4 Å². The Bertz CT molecular complexity index is 1070. The third-order valence-electron chi connectivity index (χ3n) is 5.56. The van der Waals surface area contributed by atoms with Crippen LogP contribution in [0, 0.1) is 0 Å². The van der Waals surface area contributed by atoms with E-state index in [9.17, 15) is 9.59 Å². The molecule has 4 nitrogen and oxygen atoms in total. The second kappa shape index (κ2) is 12.6. The van der Waals surface area contributed by atoms with E-state index in [1.807, 2.05) is 74.5 Å². The van der Waals surface area contributed by atoms with Crippen LogP contribution in [0.15, 0.2) is 78.9 Å². The summed E-state index contributed by atoms with van der Waals surface area (Å²) in [7, 11) is 0. The van der Waals surface area contributed by atoms with Crippen molar-refractivity contribution in [1.29, 1.82) is 0 Å². The molecule has 0 fully saturated rings. The Hall–Kier alpha value is -2.82. The van der Waals surface area contributed by atoms with Gasteiger partial charge in [-0.2, -0.15) is 0 Å². The molecule has 0 bridgehead atoms. The van der Waals surface area contributed by atoms with Gasteiger partial charge in [-0.15, -0.1) is 0 Å². The first-order valence-electron chi connectivity index (χ1n) is 11.5. The van der Waals surface area contributed by atoms with Crippen molar-refractivity contribution >= 4 is 35.0 Å². The predicted octanol–water partition coefficient (Wildman–Crippen LogP) is 6.09. The normalized spacial score (nSPS) is 11.8. The largest absolute Gasteiger partial charge is 0.352 e. The molecule has 0 saturated heterocycles. The Morgan fingerprint density at radius 1 is 0.824 bits per heavy atom. The molecule has 1 atom stereocenters. The lowest BCUT2D eigenvalue weighted by Crippen LogP contribution is -2.51. The SMILES string of the molecule is CC(C)NC(=O)[C@@H](Cc1ccccc1)N(Cc1c(Cl)cccc1Cl)C(=O)CCc1ccccc1. The molecule has 0 aromatic heterocycles. The number of rotatable bonds is 10. The molecule has 3 rings (SSSR count). The van der Waals surface area contributed by atoms with Crippen LogP contribution in [0.1, 0.15) is 37.0 Å². The van der Waals surface area contributed by atoms with Gasteiger partial charge in [0.15, 0.2) is 0 Å². The predicted molar refractivity (Wildman–Crippen MR) is 139 cm³/mol. The van der Waals surface area contributed by atoms with Crippen molar-refractivity contribution in [2.24, 2.45) is 0 Å². The van der Waals surface area contributed by atoms with Crippen LogP contribution in [0.5, 0.6) is 0 Å². The monoisotopic (exact) mass is 496 g/mol. The maximum atomic E-state index is 13.6. The summed E-state index contributed by atoms with van der Waals surface area (Å²) in [6.45, 7) is 3.96. The molecule has 6 heteroatoms. The number of halogens is 2. The number of benzene rings is 3. The van der Waals surface area contributed by atoms with E-state index in [4.69, 9.17) is 23.2 Å². The summed E-state index contributed by atoms with van der Waals surface area (Å²) in [5, 5.41) is 3.93. The fraction of sp³-hybridized carbons (Fsp3) is 0.286. The van der Waals surface area contributed by atoms with Crippen molar-refractivity contribution in [1.82, 2.24) is 10.2 Å². The van der Waals surface area contributed by atoms with Gasteiger partial charge in [0.05, 0.1) is 0 Å². The van der Waals surface area contributed by atoms with E-state index in [1.54, 1.807) is 23.1 Å². The number of carbonyl (C=O) groups is 2. The molecule has 0 radical (unpaired) electrons. The van der Waals surface area contributed by atoms with E-state index < -0.39 is 6.04 Å². The van der Waals surface area contributed by atoms with Crippen LogP contribution in [0.4, 0.5) is 0 Å². The van der Waals surface area contributed by atoms with Crippen molar-refractivity contribution in [3.8, 4) is 0 Å². The quantitative estimate of drug-likeness (QED) is 0.369. The molecule has 2 amide bonds. The fourth-order valence-electron chi connectivity index (χ4n) is 3.83. The van der Waals surface area contributed by atoms with Gasteiger partial charge in [-0.05, 0) is 43.5 Å². The van der Waals surface area contributed by atoms with Gasteiger partial charge in [-0.1, -0.05) is 89.9 Å². The van der Waals surface area contributed by atoms with Gasteiger partial charge in [-0.25, -0.2) is 0 Å². The van der Waals surface area contributed by atoms with Crippen LogP contribution in [0.3, 0.4) is 0 Å². The molecule has 178 valence electrons. The van der Waals surface area contributed by atoms with Gasteiger partial charge < -0.3 is 10.2 Å².